The summed E-state index contributed by atoms with van der Waals surface area (Å²) in [6.45, 7) is -0.0755. The number of methoxy groups -OCH3 is 1. The molecular formula is C27H24F4O6. The zero-order valence-electron chi connectivity index (χ0n) is 19.7. The predicted molar refractivity (Wildman–Crippen MR) is 124 cm³/mol. The second-order valence-electron chi connectivity index (χ2n) is 8.07. The Kier molecular flexibility index (Phi) is 9.24. The molecule has 6 nitrogen and oxygen atoms in total. The lowest BCUT2D eigenvalue weighted by atomic mass is 9.89. The van der Waals surface area contributed by atoms with E-state index in [1.54, 1.807) is 30.3 Å². The van der Waals surface area contributed by atoms with Crippen molar-refractivity contribution in [3.63, 3.8) is 0 Å². The van der Waals surface area contributed by atoms with E-state index >= 15 is 0 Å². The molecule has 3 aromatic rings. The van der Waals surface area contributed by atoms with E-state index in [9.17, 15) is 32.3 Å². The molecule has 0 aliphatic rings. The first-order chi connectivity index (χ1) is 17.6. The molecule has 0 amide bonds. The number of halogens is 4. The number of rotatable bonds is 11. The number of carbonyl (C=O) groups excluding carboxylic acids is 2. The highest BCUT2D eigenvalue weighted by Gasteiger charge is 2.44. The molecule has 3 rings (SSSR count). The summed E-state index contributed by atoms with van der Waals surface area (Å²) in [4.78, 5) is 24.8. The van der Waals surface area contributed by atoms with Crippen LogP contribution in [-0.2, 0) is 27.3 Å². The van der Waals surface area contributed by atoms with Gasteiger partial charge in [0.2, 0.25) is 0 Å². The molecule has 1 N–H and O–H groups in total. The molecule has 3 aromatic carbocycles. The highest BCUT2D eigenvalue weighted by molar-refractivity contribution is 5.89. The molecule has 0 spiro atoms. The normalized spacial score (nSPS) is 13.1. The number of hydrogen-bond donors (Lipinski definition) is 1. The molecule has 2 atom stereocenters. The lowest BCUT2D eigenvalue weighted by molar-refractivity contribution is -0.253. The van der Waals surface area contributed by atoms with Gasteiger partial charge in [-0.25, -0.2) is 4.79 Å². The molecule has 0 aliphatic carbocycles. The maximum atomic E-state index is 13.4. The fourth-order valence-electron chi connectivity index (χ4n) is 3.52. The van der Waals surface area contributed by atoms with Crippen molar-refractivity contribution in [2.75, 3.05) is 7.11 Å². The third-order valence-electron chi connectivity index (χ3n) is 5.44. The van der Waals surface area contributed by atoms with Gasteiger partial charge in [-0.05, 0) is 47.4 Å². The molecule has 0 bridgehead atoms. The van der Waals surface area contributed by atoms with Gasteiger partial charge in [0.15, 0.2) is 0 Å². The quantitative estimate of drug-likeness (QED) is 0.271. The molecule has 2 unspecified atom stereocenters. The van der Waals surface area contributed by atoms with E-state index in [4.69, 9.17) is 4.74 Å². The molecule has 0 fully saturated rings. The summed E-state index contributed by atoms with van der Waals surface area (Å²) in [6.07, 6.45) is -10.3. The number of ether oxygens (including phenoxy) is 3. The van der Waals surface area contributed by atoms with Gasteiger partial charge < -0.3 is 19.3 Å². The van der Waals surface area contributed by atoms with Crippen molar-refractivity contribution < 1.29 is 46.5 Å². The van der Waals surface area contributed by atoms with Crippen molar-refractivity contribution in [2.45, 2.75) is 31.7 Å². The molecule has 0 heterocycles. The number of benzene rings is 3. The number of esters is 2. The van der Waals surface area contributed by atoms with Gasteiger partial charge >= 0.3 is 24.5 Å². The Balaban J connectivity index is 1.85. The Hall–Kier alpha value is -3.92. The lowest BCUT2D eigenvalue weighted by Crippen LogP contribution is -2.33. The maximum Gasteiger partial charge on any atom is 0.461 e. The Labute approximate surface area is 210 Å². The van der Waals surface area contributed by atoms with Gasteiger partial charge in [0.05, 0.1) is 24.7 Å². The zero-order chi connectivity index (χ0) is 27.0. The summed E-state index contributed by atoms with van der Waals surface area (Å²) in [5, 5.41) is 11.1. The highest BCUT2D eigenvalue weighted by Crippen LogP contribution is 2.31. The van der Waals surface area contributed by atoms with Crippen molar-refractivity contribution in [3.05, 3.63) is 101 Å². The predicted octanol–water partition coefficient (Wildman–Crippen LogP) is 5.35. The van der Waals surface area contributed by atoms with Crippen molar-refractivity contribution in [2.24, 2.45) is 5.92 Å². The van der Waals surface area contributed by atoms with Crippen LogP contribution in [0, 0.1) is 5.92 Å². The Morgan fingerprint density at radius 1 is 0.919 bits per heavy atom. The Morgan fingerprint density at radius 2 is 1.57 bits per heavy atom. The summed E-state index contributed by atoms with van der Waals surface area (Å²) in [5.74, 6) is -3.11. The molecule has 37 heavy (non-hydrogen) atoms. The zero-order valence-corrected chi connectivity index (χ0v) is 19.7. The van der Waals surface area contributed by atoms with Crippen LogP contribution in [0.3, 0.4) is 0 Å². The van der Waals surface area contributed by atoms with Gasteiger partial charge in [0.25, 0.3) is 0 Å². The number of aliphatic hydroxyl groups is 1. The van der Waals surface area contributed by atoms with Crippen LogP contribution in [0.5, 0.6) is 5.75 Å². The summed E-state index contributed by atoms with van der Waals surface area (Å²) >= 11 is 0. The van der Waals surface area contributed by atoms with Crippen molar-refractivity contribution >= 4 is 11.9 Å². The van der Waals surface area contributed by atoms with Crippen LogP contribution in [0.2, 0.25) is 0 Å². The first-order valence-electron chi connectivity index (χ1n) is 11.1. The first-order valence-corrected chi connectivity index (χ1v) is 11.1. The average Bonchev–Trinajstić information content (AvgIpc) is 2.90. The summed E-state index contributed by atoms with van der Waals surface area (Å²) in [5.41, 5.74) is 1.48. The maximum absolute atomic E-state index is 13.4. The van der Waals surface area contributed by atoms with E-state index in [-0.39, 0.29) is 29.7 Å². The summed E-state index contributed by atoms with van der Waals surface area (Å²) in [7, 11) is 1.22. The minimum Gasteiger partial charge on any atom is -0.465 e. The van der Waals surface area contributed by atoms with Crippen LogP contribution >= 0.6 is 0 Å². The lowest BCUT2D eigenvalue weighted by Gasteiger charge is -2.23. The van der Waals surface area contributed by atoms with Gasteiger partial charge in [-0.3, -0.25) is 4.79 Å². The van der Waals surface area contributed by atoms with E-state index < -0.39 is 42.2 Å². The number of aliphatic hydroxyl groups excluding tert-OH is 1. The highest BCUT2D eigenvalue weighted by atomic mass is 19.3. The van der Waals surface area contributed by atoms with Gasteiger partial charge in [-0.2, -0.15) is 17.6 Å². The van der Waals surface area contributed by atoms with E-state index in [1.807, 2.05) is 0 Å². The molecule has 196 valence electrons. The van der Waals surface area contributed by atoms with E-state index in [1.165, 1.54) is 43.5 Å². The van der Waals surface area contributed by atoms with Gasteiger partial charge in [-0.15, -0.1) is 0 Å². The standard InChI is InChI=1S/C27H24F4O6/c1-35-24(33)20-12-10-19(11-13-20)23(32)22(25(34)36-16-17-6-3-2-4-7-17)15-18-8-5-9-21(14-18)37-27(30,31)26(28)29/h2-14,22-23,26,32H,15-16H2,1H3. The van der Waals surface area contributed by atoms with Crippen LogP contribution in [0.25, 0.3) is 0 Å². The molecule has 0 aliphatic heterocycles. The molecule has 0 saturated heterocycles. The SMILES string of the molecule is COC(=O)c1ccc(C(O)C(Cc2cccc(OC(F)(F)C(F)F)c2)C(=O)OCc2ccccc2)cc1. The van der Waals surface area contributed by atoms with Crippen LogP contribution < -0.4 is 4.74 Å². The molecule has 0 aromatic heterocycles. The summed E-state index contributed by atoms with van der Waals surface area (Å²) < 4.78 is 66.0. The van der Waals surface area contributed by atoms with Crippen molar-refractivity contribution in [1.29, 1.82) is 0 Å². The number of alkyl halides is 4. The largest absolute Gasteiger partial charge is 0.465 e. The molecule has 0 saturated carbocycles. The molecule has 10 heteroatoms. The Bertz CT molecular complexity index is 1190. The Morgan fingerprint density at radius 3 is 2.19 bits per heavy atom. The van der Waals surface area contributed by atoms with Gasteiger partial charge in [0.1, 0.15) is 12.4 Å². The third kappa shape index (κ3) is 7.53. The fourth-order valence-corrected chi connectivity index (χ4v) is 3.52. The molecular weight excluding hydrogens is 496 g/mol. The minimum absolute atomic E-state index is 0.0755. The average molecular weight is 520 g/mol. The van der Waals surface area contributed by atoms with E-state index in [2.05, 4.69) is 9.47 Å². The van der Waals surface area contributed by atoms with Crippen molar-refractivity contribution in [3.8, 4) is 5.75 Å². The van der Waals surface area contributed by atoms with Crippen LogP contribution in [-0.4, -0.2) is 36.7 Å². The third-order valence-corrected chi connectivity index (χ3v) is 5.44. The molecule has 0 radical (unpaired) electrons. The fraction of sp³-hybridized carbons (Fsp3) is 0.259. The second-order valence-corrected chi connectivity index (χ2v) is 8.07. The van der Waals surface area contributed by atoms with E-state index in [0.717, 1.165) is 12.1 Å². The minimum atomic E-state index is -4.70. The van der Waals surface area contributed by atoms with Crippen molar-refractivity contribution in [1.82, 2.24) is 0 Å². The second kappa shape index (κ2) is 12.4. The van der Waals surface area contributed by atoms with Crippen LogP contribution in [0.1, 0.15) is 33.2 Å². The topological polar surface area (TPSA) is 82.1 Å². The van der Waals surface area contributed by atoms with Crippen LogP contribution in [0.15, 0.2) is 78.9 Å². The number of carbonyl (C=O) groups is 2. The van der Waals surface area contributed by atoms with E-state index in [0.29, 0.717) is 5.56 Å². The van der Waals surface area contributed by atoms with Gasteiger partial charge in [0, 0.05) is 0 Å². The van der Waals surface area contributed by atoms with Crippen LogP contribution in [0.4, 0.5) is 17.6 Å². The number of hydrogen-bond acceptors (Lipinski definition) is 6. The summed E-state index contributed by atoms with van der Waals surface area (Å²) in [6, 6.07) is 19.5. The smallest absolute Gasteiger partial charge is 0.461 e. The first kappa shape index (κ1) is 27.7. The monoisotopic (exact) mass is 520 g/mol. The van der Waals surface area contributed by atoms with Gasteiger partial charge in [-0.1, -0.05) is 54.6 Å².